The number of rotatable bonds is 10. The monoisotopic (exact) mass is 470 g/mol. The maximum Gasteiger partial charge on any atom is 0.242 e. The highest BCUT2D eigenvalue weighted by molar-refractivity contribution is 7.99. The van der Waals surface area contributed by atoms with Crippen molar-refractivity contribution in [1.29, 1.82) is 0 Å². The Hall–Kier alpha value is -1.76. The topological polar surface area (TPSA) is 49.4 Å². The number of hydrogen-bond donors (Lipinski definition) is 1. The zero-order valence-electron chi connectivity index (χ0n) is 17.0. The van der Waals surface area contributed by atoms with Crippen molar-refractivity contribution < 1.29 is 14.0 Å². The molecular weight excluding hydrogens is 446 g/mol. The number of nitrogens with zero attached hydrogens (tertiary/aromatic N) is 1. The van der Waals surface area contributed by atoms with E-state index < -0.39 is 6.04 Å². The lowest BCUT2D eigenvalue weighted by Gasteiger charge is -2.30. The van der Waals surface area contributed by atoms with E-state index in [-0.39, 0.29) is 29.9 Å². The van der Waals surface area contributed by atoms with E-state index in [1.54, 1.807) is 29.2 Å². The van der Waals surface area contributed by atoms with Crippen LogP contribution in [0, 0.1) is 5.82 Å². The van der Waals surface area contributed by atoms with Crippen LogP contribution in [-0.4, -0.2) is 35.1 Å². The van der Waals surface area contributed by atoms with Gasteiger partial charge in [0.2, 0.25) is 11.8 Å². The molecule has 0 aliphatic heterocycles. The summed E-state index contributed by atoms with van der Waals surface area (Å²) in [6.07, 6.45) is 0.482. The van der Waals surface area contributed by atoms with Crippen LogP contribution in [0.15, 0.2) is 42.5 Å². The highest BCUT2D eigenvalue weighted by Gasteiger charge is 2.28. The lowest BCUT2D eigenvalue weighted by atomic mass is 10.1. The van der Waals surface area contributed by atoms with Gasteiger partial charge in [0, 0.05) is 18.8 Å². The van der Waals surface area contributed by atoms with Gasteiger partial charge in [-0.1, -0.05) is 48.3 Å². The zero-order chi connectivity index (χ0) is 22.1. The summed E-state index contributed by atoms with van der Waals surface area (Å²) < 4.78 is 13.3. The largest absolute Gasteiger partial charge is 0.355 e. The summed E-state index contributed by atoms with van der Waals surface area (Å²) in [6.45, 7) is 4.43. The number of thioether (sulfide) groups is 1. The Labute approximate surface area is 191 Å². The molecule has 1 N–H and O–H groups in total. The van der Waals surface area contributed by atoms with Crippen molar-refractivity contribution in [3.8, 4) is 0 Å². The lowest BCUT2D eigenvalue weighted by Crippen LogP contribution is -2.49. The average Bonchev–Trinajstić information content (AvgIpc) is 2.72. The third-order valence-electron chi connectivity index (χ3n) is 4.48. The second kappa shape index (κ2) is 12.2. The molecule has 1 atom stereocenters. The smallest absolute Gasteiger partial charge is 0.242 e. The summed E-state index contributed by atoms with van der Waals surface area (Å²) in [7, 11) is 0. The molecule has 2 aromatic rings. The van der Waals surface area contributed by atoms with Crippen LogP contribution in [0.3, 0.4) is 0 Å². The first-order valence-corrected chi connectivity index (χ1v) is 11.6. The SMILES string of the molecule is CCNC(=O)[C@H](CC)N(Cc1ccc(F)cc1)C(=O)CSCc1ccc(Cl)c(Cl)c1. The van der Waals surface area contributed by atoms with Crippen molar-refractivity contribution in [2.45, 2.75) is 38.6 Å². The number of carbonyl (C=O) groups excluding carboxylic acids is 2. The van der Waals surface area contributed by atoms with E-state index in [4.69, 9.17) is 23.2 Å². The van der Waals surface area contributed by atoms with E-state index in [0.717, 1.165) is 11.1 Å². The van der Waals surface area contributed by atoms with Gasteiger partial charge in [0.1, 0.15) is 11.9 Å². The van der Waals surface area contributed by atoms with Gasteiger partial charge in [-0.3, -0.25) is 9.59 Å². The van der Waals surface area contributed by atoms with Crippen LogP contribution in [-0.2, 0) is 21.9 Å². The normalized spacial score (nSPS) is 11.8. The molecule has 30 heavy (non-hydrogen) atoms. The minimum absolute atomic E-state index is 0.150. The second-order valence-electron chi connectivity index (χ2n) is 6.71. The van der Waals surface area contributed by atoms with Crippen LogP contribution in [0.4, 0.5) is 4.39 Å². The molecule has 0 aliphatic rings. The molecule has 0 unspecified atom stereocenters. The summed E-state index contributed by atoms with van der Waals surface area (Å²) in [6, 6.07) is 10.7. The molecule has 0 saturated carbocycles. The molecule has 0 aliphatic carbocycles. The zero-order valence-corrected chi connectivity index (χ0v) is 19.3. The number of likely N-dealkylation sites (N-methyl/N-ethyl adjacent to an activating group) is 1. The maximum absolute atomic E-state index is 13.3. The van der Waals surface area contributed by atoms with E-state index in [2.05, 4.69) is 5.32 Å². The molecule has 2 aromatic carbocycles. The van der Waals surface area contributed by atoms with E-state index in [9.17, 15) is 14.0 Å². The third-order valence-corrected chi connectivity index (χ3v) is 6.21. The summed E-state index contributed by atoms with van der Waals surface area (Å²) in [5.41, 5.74) is 1.73. The highest BCUT2D eigenvalue weighted by Crippen LogP contribution is 2.25. The molecule has 8 heteroatoms. The van der Waals surface area contributed by atoms with E-state index in [1.165, 1.54) is 23.9 Å². The van der Waals surface area contributed by atoms with Crippen molar-refractivity contribution in [1.82, 2.24) is 10.2 Å². The molecular formula is C22H25Cl2FN2O2S. The number of amides is 2. The lowest BCUT2D eigenvalue weighted by molar-refractivity contribution is -0.139. The number of benzene rings is 2. The van der Waals surface area contributed by atoms with Crippen molar-refractivity contribution in [3.05, 3.63) is 69.5 Å². The molecule has 0 fully saturated rings. The molecule has 0 aromatic heterocycles. The first-order valence-electron chi connectivity index (χ1n) is 9.69. The molecule has 162 valence electrons. The quantitative estimate of drug-likeness (QED) is 0.511. The van der Waals surface area contributed by atoms with Crippen molar-refractivity contribution in [2.75, 3.05) is 12.3 Å². The van der Waals surface area contributed by atoms with Crippen LogP contribution in [0.5, 0.6) is 0 Å². The van der Waals surface area contributed by atoms with Crippen LogP contribution < -0.4 is 5.32 Å². The minimum Gasteiger partial charge on any atom is -0.355 e. The van der Waals surface area contributed by atoms with Gasteiger partial charge in [0.05, 0.1) is 15.8 Å². The van der Waals surface area contributed by atoms with Crippen molar-refractivity contribution >= 4 is 46.8 Å². The molecule has 2 amide bonds. The Morgan fingerprint density at radius 2 is 1.73 bits per heavy atom. The number of carbonyl (C=O) groups is 2. The van der Waals surface area contributed by atoms with Crippen molar-refractivity contribution in [2.24, 2.45) is 0 Å². The summed E-state index contributed by atoms with van der Waals surface area (Å²) >= 11 is 13.4. The van der Waals surface area contributed by atoms with Gasteiger partial charge in [-0.25, -0.2) is 4.39 Å². The summed E-state index contributed by atoms with van der Waals surface area (Å²) in [4.78, 5) is 27.1. The van der Waals surface area contributed by atoms with Gasteiger partial charge in [-0.15, -0.1) is 11.8 Å². The standard InChI is InChI=1S/C22H25Cl2FN2O2S/c1-3-20(22(29)26-4-2)27(12-15-5-8-17(25)9-6-15)21(28)14-30-13-16-7-10-18(23)19(24)11-16/h5-11,20H,3-4,12-14H2,1-2H3,(H,26,29)/t20-/m0/s1. The number of hydrogen-bond acceptors (Lipinski definition) is 3. The van der Waals surface area contributed by atoms with Gasteiger partial charge < -0.3 is 10.2 Å². The number of halogens is 3. The van der Waals surface area contributed by atoms with Crippen LogP contribution in [0.25, 0.3) is 0 Å². The molecule has 0 spiro atoms. The van der Waals surface area contributed by atoms with Crippen LogP contribution in [0.2, 0.25) is 10.0 Å². The van der Waals surface area contributed by atoms with E-state index in [1.807, 2.05) is 19.9 Å². The maximum atomic E-state index is 13.3. The van der Waals surface area contributed by atoms with Gasteiger partial charge >= 0.3 is 0 Å². The van der Waals surface area contributed by atoms with Gasteiger partial charge in [0.25, 0.3) is 0 Å². The predicted molar refractivity (Wildman–Crippen MR) is 122 cm³/mol. The summed E-state index contributed by atoms with van der Waals surface area (Å²) in [5, 5.41) is 3.75. The molecule has 0 bridgehead atoms. The highest BCUT2D eigenvalue weighted by atomic mass is 35.5. The fourth-order valence-corrected chi connectivity index (χ4v) is 4.15. The second-order valence-corrected chi connectivity index (χ2v) is 8.51. The fraction of sp³-hybridized carbons (Fsp3) is 0.364. The van der Waals surface area contributed by atoms with Gasteiger partial charge in [-0.2, -0.15) is 0 Å². The molecule has 2 rings (SSSR count). The average molecular weight is 471 g/mol. The Kier molecular flexibility index (Phi) is 9.95. The molecule has 0 radical (unpaired) electrons. The van der Waals surface area contributed by atoms with Crippen LogP contribution in [0.1, 0.15) is 31.4 Å². The summed E-state index contributed by atoms with van der Waals surface area (Å²) in [5.74, 6) is 0.111. The fourth-order valence-electron chi connectivity index (χ4n) is 2.97. The minimum atomic E-state index is -0.590. The van der Waals surface area contributed by atoms with E-state index >= 15 is 0 Å². The van der Waals surface area contributed by atoms with E-state index in [0.29, 0.717) is 28.8 Å². The Bertz CT molecular complexity index is 865. The Balaban J connectivity index is 2.10. The Morgan fingerprint density at radius 3 is 2.33 bits per heavy atom. The van der Waals surface area contributed by atoms with Gasteiger partial charge in [-0.05, 0) is 48.7 Å². The molecule has 4 nitrogen and oxygen atoms in total. The first-order chi connectivity index (χ1) is 14.3. The van der Waals surface area contributed by atoms with Crippen molar-refractivity contribution in [3.63, 3.8) is 0 Å². The van der Waals surface area contributed by atoms with Crippen LogP contribution >= 0.6 is 35.0 Å². The predicted octanol–water partition coefficient (Wildman–Crippen LogP) is 5.31. The Morgan fingerprint density at radius 1 is 1.07 bits per heavy atom. The molecule has 0 saturated heterocycles. The first kappa shape index (κ1) is 24.5. The molecule has 0 heterocycles. The van der Waals surface area contributed by atoms with Gasteiger partial charge in [0.15, 0.2) is 0 Å². The number of nitrogens with one attached hydrogen (secondary N) is 1. The third kappa shape index (κ3) is 7.18.